The Balaban J connectivity index is 2.00. The van der Waals surface area contributed by atoms with Gasteiger partial charge in [0.2, 0.25) is 0 Å². The molecule has 0 amide bonds. The summed E-state index contributed by atoms with van der Waals surface area (Å²) in [6, 6.07) is 23.8. The van der Waals surface area contributed by atoms with E-state index in [0.29, 0.717) is 0 Å². The van der Waals surface area contributed by atoms with E-state index in [1.165, 1.54) is 33.4 Å². The van der Waals surface area contributed by atoms with Crippen LogP contribution in [0.15, 0.2) is 78.4 Å². The maximum absolute atomic E-state index is 6.61. The zero-order valence-electron chi connectivity index (χ0n) is 16.1. The van der Waals surface area contributed by atoms with Crippen molar-refractivity contribution < 1.29 is 4.74 Å². The van der Waals surface area contributed by atoms with E-state index in [4.69, 9.17) is 12.6 Å². The van der Waals surface area contributed by atoms with Crippen LogP contribution in [-0.4, -0.2) is 15.0 Å². The predicted molar refractivity (Wildman–Crippen MR) is 114 cm³/mol. The molecule has 1 nitrogen and oxygen atoms in total. The molecular formula is C25H23BO. The molecule has 0 heterocycles. The van der Waals surface area contributed by atoms with Gasteiger partial charge in [0.05, 0.1) is 5.50 Å². The molecule has 132 valence electrons. The van der Waals surface area contributed by atoms with E-state index < -0.39 is 5.50 Å². The van der Waals surface area contributed by atoms with Gasteiger partial charge in [-0.3, -0.25) is 0 Å². The third-order valence-electron chi connectivity index (χ3n) is 5.31. The lowest BCUT2D eigenvalue weighted by atomic mass is 9.73. The van der Waals surface area contributed by atoms with Crippen molar-refractivity contribution in [3.63, 3.8) is 0 Å². The topological polar surface area (TPSA) is 9.23 Å². The Morgan fingerprint density at radius 1 is 0.852 bits per heavy atom. The molecule has 3 aromatic carbocycles. The summed E-state index contributed by atoms with van der Waals surface area (Å²) in [6.07, 6.45) is 2.91. The van der Waals surface area contributed by atoms with E-state index in [2.05, 4.69) is 66.7 Å². The lowest BCUT2D eigenvalue weighted by molar-refractivity contribution is 0.102. The fraction of sp³-hybridized carbons (Fsp3) is 0.200. The van der Waals surface area contributed by atoms with Gasteiger partial charge in [-0.15, -0.1) is 0 Å². The van der Waals surface area contributed by atoms with Crippen LogP contribution in [0, 0.1) is 0 Å². The lowest BCUT2D eigenvalue weighted by Gasteiger charge is -2.28. The molecule has 0 saturated carbocycles. The van der Waals surface area contributed by atoms with Crippen molar-refractivity contribution in [2.24, 2.45) is 0 Å². The van der Waals surface area contributed by atoms with Gasteiger partial charge in [0.1, 0.15) is 7.85 Å². The molecule has 1 aliphatic carbocycles. The first-order chi connectivity index (χ1) is 13.0. The van der Waals surface area contributed by atoms with Crippen LogP contribution < -0.4 is 0 Å². The minimum Gasteiger partial charge on any atom is -0.380 e. The first-order valence-corrected chi connectivity index (χ1v) is 9.33. The summed E-state index contributed by atoms with van der Waals surface area (Å²) in [7, 11) is 8.27. The van der Waals surface area contributed by atoms with Crippen molar-refractivity contribution in [1.29, 1.82) is 0 Å². The van der Waals surface area contributed by atoms with Crippen LogP contribution in [-0.2, 0) is 16.7 Å². The Kier molecular flexibility index (Phi) is 4.53. The molecule has 2 radical (unpaired) electrons. The Bertz CT molecular complexity index is 1030. The van der Waals surface area contributed by atoms with E-state index in [1.54, 1.807) is 7.11 Å². The molecule has 0 fully saturated rings. The summed E-state index contributed by atoms with van der Waals surface area (Å²) >= 11 is 0. The van der Waals surface area contributed by atoms with Gasteiger partial charge in [-0.25, -0.2) is 0 Å². The van der Waals surface area contributed by atoms with Gasteiger partial charge >= 0.3 is 0 Å². The Labute approximate surface area is 163 Å². The average Bonchev–Trinajstić information content (AvgIpc) is 2.81. The number of benzene rings is 3. The van der Waals surface area contributed by atoms with Gasteiger partial charge in [-0.05, 0) is 65.3 Å². The van der Waals surface area contributed by atoms with Crippen molar-refractivity contribution in [1.82, 2.24) is 0 Å². The van der Waals surface area contributed by atoms with Gasteiger partial charge < -0.3 is 4.74 Å². The van der Waals surface area contributed by atoms with E-state index in [9.17, 15) is 0 Å². The molecule has 1 aliphatic rings. The fourth-order valence-electron chi connectivity index (χ4n) is 4.01. The average molecular weight is 350 g/mol. The lowest BCUT2D eigenvalue weighted by Crippen LogP contribution is -2.26. The smallest absolute Gasteiger partial charge is 0.126 e. The molecule has 3 aromatic rings. The highest BCUT2D eigenvalue weighted by atomic mass is 16.5. The minimum atomic E-state index is -0.936. The summed E-state index contributed by atoms with van der Waals surface area (Å²) in [5, 5.41) is 0. The highest BCUT2D eigenvalue weighted by Gasteiger charge is 2.26. The van der Waals surface area contributed by atoms with Crippen LogP contribution in [0.2, 0.25) is 0 Å². The number of methoxy groups -OCH3 is 1. The van der Waals surface area contributed by atoms with Crippen molar-refractivity contribution in [2.75, 3.05) is 7.11 Å². The van der Waals surface area contributed by atoms with Crippen molar-refractivity contribution in [2.45, 2.75) is 25.8 Å². The molecule has 0 spiro atoms. The maximum atomic E-state index is 6.61. The highest BCUT2D eigenvalue weighted by molar-refractivity contribution is 6.16. The largest absolute Gasteiger partial charge is 0.380 e. The van der Waals surface area contributed by atoms with Gasteiger partial charge in [-0.2, -0.15) is 0 Å². The van der Waals surface area contributed by atoms with E-state index in [-0.39, 0.29) is 0 Å². The molecule has 27 heavy (non-hydrogen) atoms. The monoisotopic (exact) mass is 350 g/mol. The van der Waals surface area contributed by atoms with Crippen LogP contribution >= 0.6 is 0 Å². The number of allylic oxidation sites excluding steroid dienone is 1. The van der Waals surface area contributed by atoms with Crippen LogP contribution in [0.5, 0.6) is 0 Å². The molecule has 1 unspecified atom stereocenters. The van der Waals surface area contributed by atoms with Gasteiger partial charge in [0.25, 0.3) is 0 Å². The van der Waals surface area contributed by atoms with E-state index >= 15 is 0 Å². The highest BCUT2D eigenvalue weighted by Crippen LogP contribution is 2.42. The molecule has 0 bridgehead atoms. The van der Waals surface area contributed by atoms with Gasteiger partial charge in [0.15, 0.2) is 0 Å². The molecule has 0 aromatic heterocycles. The second-order valence-corrected chi connectivity index (χ2v) is 7.47. The number of fused-ring (bicyclic) bond motifs is 5. The summed E-state index contributed by atoms with van der Waals surface area (Å²) in [5.74, 6) is 0. The fourth-order valence-corrected chi connectivity index (χ4v) is 4.01. The second-order valence-electron chi connectivity index (χ2n) is 7.47. The second kappa shape index (κ2) is 6.86. The van der Waals surface area contributed by atoms with Gasteiger partial charge in [-0.1, -0.05) is 72.3 Å². The standard InChI is InChI=1S/C25H23BO/c1-17(2)16-25(26,27-3)20-12-13-23-21-10-6-4-8-18(21)14-19-9-5-7-11-22(19)24(23)15-20/h4-13,15-16H,14H2,1-3H3. The minimum absolute atomic E-state index is 0.933. The summed E-state index contributed by atoms with van der Waals surface area (Å²) in [5.41, 5.74) is 8.85. The number of hydrogen-bond donors (Lipinski definition) is 0. The number of rotatable bonds is 3. The quantitative estimate of drug-likeness (QED) is 0.332. The zero-order chi connectivity index (χ0) is 19.0. The Morgan fingerprint density at radius 3 is 2.04 bits per heavy atom. The molecule has 0 saturated heterocycles. The van der Waals surface area contributed by atoms with Crippen LogP contribution in [0.3, 0.4) is 0 Å². The first-order valence-electron chi connectivity index (χ1n) is 9.33. The number of ether oxygens (including phenoxy) is 1. The molecule has 0 N–H and O–H groups in total. The first kappa shape index (κ1) is 17.8. The summed E-state index contributed by atoms with van der Waals surface area (Å²) in [4.78, 5) is 0. The summed E-state index contributed by atoms with van der Waals surface area (Å²) < 4.78 is 5.72. The number of hydrogen-bond acceptors (Lipinski definition) is 1. The predicted octanol–water partition coefficient (Wildman–Crippen LogP) is 5.86. The molecule has 4 rings (SSSR count). The van der Waals surface area contributed by atoms with E-state index in [0.717, 1.165) is 17.6 Å². The van der Waals surface area contributed by atoms with Gasteiger partial charge in [0, 0.05) is 7.11 Å². The van der Waals surface area contributed by atoms with Crippen molar-refractivity contribution in [3.8, 4) is 22.3 Å². The maximum Gasteiger partial charge on any atom is 0.126 e. The van der Waals surface area contributed by atoms with Crippen LogP contribution in [0.25, 0.3) is 22.3 Å². The van der Waals surface area contributed by atoms with Crippen LogP contribution in [0.1, 0.15) is 30.5 Å². The van der Waals surface area contributed by atoms with Crippen molar-refractivity contribution >= 4 is 7.85 Å². The van der Waals surface area contributed by atoms with Crippen molar-refractivity contribution in [3.05, 3.63) is 95.1 Å². The van der Waals surface area contributed by atoms with Crippen LogP contribution in [0.4, 0.5) is 0 Å². The van der Waals surface area contributed by atoms with E-state index in [1.807, 2.05) is 19.9 Å². The molecular weight excluding hydrogens is 327 g/mol. The molecule has 2 heteroatoms. The third kappa shape index (κ3) is 3.15. The summed E-state index contributed by atoms with van der Waals surface area (Å²) in [6.45, 7) is 4.07. The molecule has 0 aliphatic heterocycles. The molecule has 1 atom stereocenters. The SMILES string of the molecule is [B]C(C=C(C)C)(OC)c1ccc2c(c1)-c1ccccc1Cc1ccccc1-2. The third-order valence-corrected chi connectivity index (χ3v) is 5.31. The Hall–Kier alpha value is -2.58. The Morgan fingerprint density at radius 2 is 1.44 bits per heavy atom. The normalized spacial score (nSPS) is 14.2. The zero-order valence-corrected chi connectivity index (χ0v) is 16.1.